The number of hydrogen-bond acceptors (Lipinski definition) is 3. The number of carbonyl (C=O) groups is 2. The lowest BCUT2D eigenvalue weighted by Crippen LogP contribution is -2.46. The summed E-state index contributed by atoms with van der Waals surface area (Å²) >= 11 is 0. The summed E-state index contributed by atoms with van der Waals surface area (Å²) in [4.78, 5) is 34.7. The number of amidine groups is 1. The Morgan fingerprint density at radius 3 is 2.56 bits per heavy atom. The molecule has 0 saturated heterocycles. The Balaban J connectivity index is 1.67. The summed E-state index contributed by atoms with van der Waals surface area (Å²) in [7, 11) is 1.55. The van der Waals surface area contributed by atoms with Crippen molar-refractivity contribution < 1.29 is 23.1 Å². The van der Waals surface area contributed by atoms with Crippen LogP contribution in [0.1, 0.15) is 5.56 Å². The molecule has 1 aliphatic carbocycles. The van der Waals surface area contributed by atoms with Gasteiger partial charge in [0.1, 0.15) is 28.9 Å². The normalized spacial score (nSPS) is 18.4. The van der Waals surface area contributed by atoms with Crippen LogP contribution in [0.2, 0.25) is 0 Å². The third-order valence-corrected chi connectivity index (χ3v) is 4.92. The van der Waals surface area contributed by atoms with Gasteiger partial charge in [0.25, 0.3) is 0 Å². The molecule has 7 nitrogen and oxygen atoms in total. The Labute approximate surface area is 182 Å². The average Bonchev–Trinajstić information content (AvgIpc) is 2.79. The number of methoxy groups -OCH3 is 1. The van der Waals surface area contributed by atoms with Gasteiger partial charge in [-0.15, -0.1) is 0 Å². The molecule has 162 valence electrons. The lowest BCUT2D eigenvalue weighted by molar-refractivity contribution is 0.226. The molecule has 0 saturated carbocycles. The molecule has 0 fully saturated rings. The van der Waals surface area contributed by atoms with E-state index in [-0.39, 0.29) is 12.4 Å². The highest BCUT2D eigenvalue weighted by Crippen LogP contribution is 2.24. The van der Waals surface area contributed by atoms with Gasteiger partial charge in [-0.3, -0.25) is 4.90 Å². The number of amides is 4. The van der Waals surface area contributed by atoms with Crippen molar-refractivity contribution in [3.63, 3.8) is 0 Å². The van der Waals surface area contributed by atoms with E-state index >= 15 is 0 Å². The first-order valence-corrected chi connectivity index (χ1v) is 9.67. The molecule has 4 rings (SSSR count). The lowest BCUT2D eigenvalue weighted by Gasteiger charge is -2.31. The number of carbonyl (C=O) groups excluding carboxylic acids is 2. The molecule has 1 unspecified atom stereocenters. The summed E-state index contributed by atoms with van der Waals surface area (Å²) in [6.07, 6.45) is 6.85. The van der Waals surface area contributed by atoms with Crippen LogP contribution in [0.5, 0.6) is 5.75 Å². The fraction of sp³-hybridized carbons (Fsp3) is 0.130. The van der Waals surface area contributed by atoms with Gasteiger partial charge in [0.15, 0.2) is 0 Å². The predicted octanol–water partition coefficient (Wildman–Crippen LogP) is 4.72. The average molecular weight is 436 g/mol. The zero-order valence-corrected chi connectivity index (χ0v) is 17.0. The van der Waals surface area contributed by atoms with Crippen LogP contribution < -0.4 is 10.1 Å². The van der Waals surface area contributed by atoms with Crippen LogP contribution in [0, 0.1) is 17.6 Å². The lowest BCUT2D eigenvalue weighted by atomic mass is 9.94. The van der Waals surface area contributed by atoms with Gasteiger partial charge in [0.2, 0.25) is 0 Å². The number of hydrogen-bond donors (Lipinski definition) is 1. The molecular weight excluding hydrogens is 418 g/mol. The molecule has 1 aliphatic heterocycles. The molecule has 2 aromatic carbocycles. The van der Waals surface area contributed by atoms with E-state index in [9.17, 15) is 18.4 Å². The van der Waals surface area contributed by atoms with E-state index in [4.69, 9.17) is 4.74 Å². The van der Waals surface area contributed by atoms with Crippen molar-refractivity contribution in [2.75, 3.05) is 12.4 Å². The summed E-state index contributed by atoms with van der Waals surface area (Å²) in [6.45, 7) is 0.0911. The minimum atomic E-state index is -1.01. The van der Waals surface area contributed by atoms with Crippen LogP contribution in [0.25, 0.3) is 0 Å². The molecule has 0 aromatic heterocycles. The van der Waals surface area contributed by atoms with Gasteiger partial charge < -0.3 is 10.1 Å². The van der Waals surface area contributed by atoms with E-state index < -0.39 is 35.3 Å². The van der Waals surface area contributed by atoms with Gasteiger partial charge >= 0.3 is 12.1 Å². The van der Waals surface area contributed by atoms with Crippen molar-refractivity contribution in [3.8, 4) is 5.75 Å². The minimum absolute atomic E-state index is 0.0911. The largest absolute Gasteiger partial charge is 0.497 e. The third-order valence-electron chi connectivity index (χ3n) is 4.92. The summed E-state index contributed by atoms with van der Waals surface area (Å²) in [5.74, 6) is -1.68. The Bertz CT molecular complexity index is 1170. The maximum Gasteiger partial charge on any atom is 0.349 e. The van der Waals surface area contributed by atoms with Crippen LogP contribution in [0.4, 0.5) is 24.1 Å². The molecule has 2 aliphatic rings. The second-order valence-corrected chi connectivity index (χ2v) is 6.97. The van der Waals surface area contributed by atoms with Crippen molar-refractivity contribution in [1.29, 1.82) is 0 Å². The molecule has 0 bridgehead atoms. The molecule has 0 spiro atoms. The smallest absolute Gasteiger partial charge is 0.349 e. The van der Waals surface area contributed by atoms with Gasteiger partial charge in [0.05, 0.1) is 25.3 Å². The van der Waals surface area contributed by atoms with Gasteiger partial charge in [-0.1, -0.05) is 36.4 Å². The zero-order valence-electron chi connectivity index (χ0n) is 17.0. The standard InChI is InChI=1S/C23H18F2N4O3/c1-32-15-11-9-14(10-12-15)13-29-21(16-5-2-3-8-19(16)26-23(29)31)28-22(30)27-20-17(24)6-4-7-18(20)25/h2-12,16H,13H2,1H3,(H,27,30)/b28-21-. The highest BCUT2D eigenvalue weighted by atomic mass is 19.1. The van der Waals surface area contributed by atoms with Gasteiger partial charge in [-0.2, -0.15) is 9.98 Å². The van der Waals surface area contributed by atoms with Crippen LogP contribution >= 0.6 is 0 Å². The fourth-order valence-corrected chi connectivity index (χ4v) is 3.34. The number of allylic oxidation sites excluding steroid dienone is 3. The van der Waals surface area contributed by atoms with Crippen molar-refractivity contribution in [2.45, 2.75) is 6.54 Å². The molecule has 9 heteroatoms. The minimum Gasteiger partial charge on any atom is -0.497 e. The maximum atomic E-state index is 13.9. The molecule has 1 N–H and O–H groups in total. The number of ether oxygens (including phenoxy) is 1. The Hall–Kier alpha value is -4.14. The molecular formula is C23H18F2N4O3. The first-order valence-electron chi connectivity index (χ1n) is 9.67. The van der Waals surface area contributed by atoms with Crippen molar-refractivity contribution in [3.05, 3.63) is 84.0 Å². The molecule has 32 heavy (non-hydrogen) atoms. The van der Waals surface area contributed by atoms with E-state index in [0.717, 1.165) is 17.7 Å². The van der Waals surface area contributed by atoms with E-state index in [1.54, 1.807) is 55.7 Å². The summed E-state index contributed by atoms with van der Waals surface area (Å²) in [6, 6.07) is 8.64. The van der Waals surface area contributed by atoms with E-state index in [1.165, 1.54) is 11.0 Å². The predicted molar refractivity (Wildman–Crippen MR) is 116 cm³/mol. The summed E-state index contributed by atoms with van der Waals surface area (Å²) < 4.78 is 33.0. The number of anilines is 1. The van der Waals surface area contributed by atoms with Gasteiger partial charge in [-0.25, -0.2) is 18.4 Å². The number of nitrogens with zero attached hydrogens (tertiary/aromatic N) is 3. The van der Waals surface area contributed by atoms with E-state index in [1.807, 2.05) is 0 Å². The van der Waals surface area contributed by atoms with Crippen molar-refractivity contribution in [1.82, 2.24) is 4.90 Å². The number of fused-ring (bicyclic) bond motifs is 1. The molecule has 1 heterocycles. The number of rotatable bonds is 4. The van der Waals surface area contributed by atoms with Crippen LogP contribution in [-0.2, 0) is 6.54 Å². The Morgan fingerprint density at radius 2 is 1.88 bits per heavy atom. The van der Waals surface area contributed by atoms with Crippen LogP contribution in [0.15, 0.2) is 76.8 Å². The fourth-order valence-electron chi connectivity index (χ4n) is 3.34. The number of nitrogens with one attached hydrogen (secondary N) is 1. The molecule has 4 amide bonds. The van der Waals surface area contributed by atoms with Crippen molar-refractivity contribution >= 4 is 29.3 Å². The first-order chi connectivity index (χ1) is 15.5. The van der Waals surface area contributed by atoms with Crippen molar-refractivity contribution in [2.24, 2.45) is 15.9 Å². The summed E-state index contributed by atoms with van der Waals surface area (Å²) in [5, 5.41) is 2.12. The molecule has 0 radical (unpaired) electrons. The van der Waals surface area contributed by atoms with Gasteiger partial charge in [-0.05, 0) is 35.9 Å². The zero-order chi connectivity index (χ0) is 22.7. The number of benzene rings is 2. The Morgan fingerprint density at radius 1 is 1.16 bits per heavy atom. The highest BCUT2D eigenvalue weighted by Gasteiger charge is 2.34. The van der Waals surface area contributed by atoms with E-state index in [2.05, 4.69) is 15.3 Å². The van der Waals surface area contributed by atoms with Crippen LogP contribution in [0.3, 0.4) is 0 Å². The summed E-state index contributed by atoms with van der Waals surface area (Å²) in [5.41, 5.74) is 0.562. The SMILES string of the molecule is COc1ccc(CN2C(=O)N=C3C=CC=CC3/C2=N/C(=O)Nc2c(F)cccc2F)cc1. The topological polar surface area (TPSA) is 83.4 Å². The number of halogens is 2. The quantitative estimate of drug-likeness (QED) is 0.753. The molecule has 2 aromatic rings. The van der Waals surface area contributed by atoms with Gasteiger partial charge in [0, 0.05) is 0 Å². The highest BCUT2D eigenvalue weighted by molar-refractivity contribution is 6.24. The van der Waals surface area contributed by atoms with E-state index in [0.29, 0.717) is 11.5 Å². The second-order valence-electron chi connectivity index (χ2n) is 6.97. The van der Waals surface area contributed by atoms with Crippen LogP contribution in [-0.4, -0.2) is 35.6 Å². The number of aliphatic imine (C=N–C) groups is 2. The second kappa shape index (κ2) is 8.93. The number of urea groups is 2. The Kier molecular flexibility index (Phi) is 5.89. The maximum absolute atomic E-state index is 13.9. The third kappa shape index (κ3) is 4.31. The number of para-hydroxylation sites is 1. The monoisotopic (exact) mass is 436 g/mol. The first kappa shape index (κ1) is 21.1. The molecule has 1 atom stereocenters.